The maximum atomic E-state index is 12.1. The summed E-state index contributed by atoms with van der Waals surface area (Å²) < 4.78 is 5.08. The number of carbonyl (C=O) groups is 1. The molecule has 1 N–H and O–H groups in total. The van der Waals surface area contributed by atoms with Crippen LogP contribution in [0.2, 0.25) is 5.02 Å². The molecule has 0 aliphatic heterocycles. The van der Waals surface area contributed by atoms with Gasteiger partial charge in [-0.2, -0.15) is 0 Å². The Bertz CT molecular complexity index is 613. The van der Waals surface area contributed by atoms with Gasteiger partial charge in [0.25, 0.3) is 0 Å². The van der Waals surface area contributed by atoms with E-state index in [0.717, 1.165) is 5.56 Å². The first kappa shape index (κ1) is 15.4. The lowest BCUT2D eigenvalue weighted by Gasteiger charge is -2.12. The minimum atomic E-state index is -0.0346. The van der Waals surface area contributed by atoms with Crippen LogP contribution in [0.5, 0.6) is 5.75 Å². The van der Waals surface area contributed by atoms with Gasteiger partial charge in [0.05, 0.1) is 12.1 Å². The maximum Gasteiger partial charge on any atom is 0.224 e. The van der Waals surface area contributed by atoms with Crippen LogP contribution in [0.4, 0.5) is 5.69 Å². The predicted molar refractivity (Wildman–Crippen MR) is 86.1 cm³/mol. The summed E-state index contributed by atoms with van der Waals surface area (Å²) in [7, 11) is 1.56. The standard InChI is InChI=1S/C17H18ClNO2/c1-12(13-6-4-3-5-7-13)10-17(20)19-14-8-9-16(21-2)15(18)11-14/h3-9,11-12H,10H2,1-2H3,(H,19,20)/t12-/m0/s1. The molecule has 0 bridgehead atoms. The molecular formula is C17H18ClNO2. The normalized spacial score (nSPS) is 11.8. The molecule has 0 radical (unpaired) electrons. The van der Waals surface area contributed by atoms with Gasteiger partial charge < -0.3 is 10.1 Å². The average molecular weight is 304 g/mol. The first-order chi connectivity index (χ1) is 10.1. The van der Waals surface area contributed by atoms with Gasteiger partial charge in [-0.1, -0.05) is 48.9 Å². The zero-order chi connectivity index (χ0) is 15.2. The van der Waals surface area contributed by atoms with Crippen LogP contribution in [0, 0.1) is 0 Å². The molecule has 0 saturated heterocycles. The maximum absolute atomic E-state index is 12.1. The molecule has 4 heteroatoms. The van der Waals surface area contributed by atoms with Gasteiger partial charge in [0.2, 0.25) is 5.91 Å². The number of hydrogen-bond acceptors (Lipinski definition) is 2. The number of anilines is 1. The van der Waals surface area contributed by atoms with E-state index < -0.39 is 0 Å². The Balaban J connectivity index is 1.97. The van der Waals surface area contributed by atoms with Gasteiger partial charge in [0.15, 0.2) is 0 Å². The predicted octanol–water partition coefficient (Wildman–Crippen LogP) is 4.48. The first-order valence-corrected chi connectivity index (χ1v) is 7.16. The van der Waals surface area contributed by atoms with Gasteiger partial charge in [-0.3, -0.25) is 4.79 Å². The molecule has 21 heavy (non-hydrogen) atoms. The van der Waals surface area contributed by atoms with Crippen molar-refractivity contribution in [2.45, 2.75) is 19.3 Å². The smallest absolute Gasteiger partial charge is 0.224 e. The van der Waals surface area contributed by atoms with E-state index in [2.05, 4.69) is 5.32 Å². The van der Waals surface area contributed by atoms with E-state index in [1.54, 1.807) is 25.3 Å². The molecule has 110 valence electrons. The summed E-state index contributed by atoms with van der Waals surface area (Å²) >= 11 is 6.04. The molecule has 0 aliphatic carbocycles. The number of nitrogens with one attached hydrogen (secondary N) is 1. The summed E-state index contributed by atoms with van der Waals surface area (Å²) in [5.74, 6) is 0.722. The lowest BCUT2D eigenvalue weighted by atomic mass is 9.97. The van der Waals surface area contributed by atoms with Gasteiger partial charge in [0, 0.05) is 12.1 Å². The van der Waals surface area contributed by atoms with Crippen molar-refractivity contribution in [2.75, 3.05) is 12.4 Å². The minimum absolute atomic E-state index is 0.0346. The van der Waals surface area contributed by atoms with Gasteiger partial charge in [-0.25, -0.2) is 0 Å². The van der Waals surface area contributed by atoms with Crippen molar-refractivity contribution in [3.63, 3.8) is 0 Å². The molecule has 0 spiro atoms. The van der Waals surface area contributed by atoms with Crippen LogP contribution >= 0.6 is 11.6 Å². The molecule has 2 aromatic rings. The van der Waals surface area contributed by atoms with Crippen molar-refractivity contribution in [1.29, 1.82) is 0 Å². The van der Waals surface area contributed by atoms with E-state index in [1.807, 2.05) is 37.3 Å². The van der Waals surface area contributed by atoms with Gasteiger partial charge in [-0.15, -0.1) is 0 Å². The van der Waals surface area contributed by atoms with Gasteiger partial charge in [-0.05, 0) is 29.7 Å². The summed E-state index contributed by atoms with van der Waals surface area (Å²) in [4.78, 5) is 12.1. The number of amides is 1. The van der Waals surface area contributed by atoms with Crippen molar-refractivity contribution >= 4 is 23.2 Å². The molecule has 0 heterocycles. The molecule has 0 fully saturated rings. The van der Waals surface area contributed by atoms with Crippen molar-refractivity contribution in [2.24, 2.45) is 0 Å². The van der Waals surface area contributed by atoms with E-state index >= 15 is 0 Å². The van der Waals surface area contributed by atoms with E-state index in [1.165, 1.54) is 0 Å². The van der Waals surface area contributed by atoms with Gasteiger partial charge in [0.1, 0.15) is 5.75 Å². The largest absolute Gasteiger partial charge is 0.495 e. The van der Waals surface area contributed by atoms with Crippen LogP contribution in [0.15, 0.2) is 48.5 Å². The fourth-order valence-corrected chi connectivity index (χ4v) is 2.39. The van der Waals surface area contributed by atoms with Crippen LogP contribution in [0.25, 0.3) is 0 Å². The third kappa shape index (κ3) is 4.23. The summed E-state index contributed by atoms with van der Waals surface area (Å²) in [6.45, 7) is 2.04. The quantitative estimate of drug-likeness (QED) is 0.884. The molecule has 2 aromatic carbocycles. The lowest BCUT2D eigenvalue weighted by Crippen LogP contribution is -2.14. The zero-order valence-corrected chi connectivity index (χ0v) is 12.9. The second-order valence-corrected chi connectivity index (χ2v) is 5.32. The Morgan fingerprint density at radius 1 is 1.24 bits per heavy atom. The van der Waals surface area contributed by atoms with Crippen LogP contribution in [-0.4, -0.2) is 13.0 Å². The average Bonchev–Trinajstić information content (AvgIpc) is 2.48. The highest BCUT2D eigenvalue weighted by molar-refractivity contribution is 6.32. The SMILES string of the molecule is COc1ccc(NC(=O)C[C@H](C)c2ccccc2)cc1Cl. The second-order valence-electron chi connectivity index (χ2n) is 4.91. The molecule has 0 aromatic heterocycles. The fraction of sp³-hybridized carbons (Fsp3) is 0.235. The molecule has 2 rings (SSSR count). The Kier molecular flexibility index (Phi) is 5.23. The number of halogens is 1. The Morgan fingerprint density at radius 3 is 2.57 bits per heavy atom. The molecule has 0 aliphatic rings. The van der Waals surface area contributed by atoms with Crippen molar-refractivity contribution < 1.29 is 9.53 Å². The number of ether oxygens (including phenoxy) is 1. The van der Waals surface area contributed by atoms with Crippen molar-refractivity contribution in [3.8, 4) is 5.75 Å². The van der Waals surface area contributed by atoms with E-state index in [-0.39, 0.29) is 11.8 Å². The fourth-order valence-electron chi connectivity index (χ4n) is 2.13. The van der Waals surface area contributed by atoms with E-state index in [9.17, 15) is 4.79 Å². The van der Waals surface area contributed by atoms with E-state index in [0.29, 0.717) is 22.9 Å². The lowest BCUT2D eigenvalue weighted by molar-refractivity contribution is -0.116. The molecule has 1 atom stereocenters. The monoisotopic (exact) mass is 303 g/mol. The highest BCUT2D eigenvalue weighted by Gasteiger charge is 2.12. The highest BCUT2D eigenvalue weighted by Crippen LogP contribution is 2.27. The summed E-state index contributed by atoms with van der Waals surface area (Å²) in [6, 6.07) is 15.2. The minimum Gasteiger partial charge on any atom is -0.495 e. The number of rotatable bonds is 5. The van der Waals surface area contributed by atoms with Crippen molar-refractivity contribution in [3.05, 3.63) is 59.1 Å². The summed E-state index contributed by atoms with van der Waals surface area (Å²) in [5, 5.41) is 3.33. The van der Waals surface area contributed by atoms with Gasteiger partial charge >= 0.3 is 0 Å². The third-order valence-corrected chi connectivity index (χ3v) is 3.59. The van der Waals surface area contributed by atoms with Crippen LogP contribution in [-0.2, 0) is 4.79 Å². The van der Waals surface area contributed by atoms with Crippen molar-refractivity contribution in [1.82, 2.24) is 0 Å². The number of benzene rings is 2. The van der Waals surface area contributed by atoms with Crippen LogP contribution < -0.4 is 10.1 Å². The highest BCUT2D eigenvalue weighted by atomic mass is 35.5. The third-order valence-electron chi connectivity index (χ3n) is 3.30. The van der Waals surface area contributed by atoms with Crippen LogP contribution in [0.1, 0.15) is 24.8 Å². The second kappa shape index (κ2) is 7.14. The van der Waals surface area contributed by atoms with Crippen LogP contribution in [0.3, 0.4) is 0 Å². The molecule has 1 amide bonds. The topological polar surface area (TPSA) is 38.3 Å². The Labute approximate surface area is 129 Å². The molecule has 0 saturated carbocycles. The molecule has 3 nitrogen and oxygen atoms in total. The molecule has 0 unspecified atom stereocenters. The Hall–Kier alpha value is -2.00. The zero-order valence-electron chi connectivity index (χ0n) is 12.1. The molecular weight excluding hydrogens is 286 g/mol. The number of methoxy groups -OCH3 is 1. The summed E-state index contributed by atoms with van der Waals surface area (Å²) in [5.41, 5.74) is 1.83. The number of carbonyl (C=O) groups excluding carboxylic acids is 1. The summed E-state index contributed by atoms with van der Waals surface area (Å²) in [6.07, 6.45) is 0.424. The first-order valence-electron chi connectivity index (χ1n) is 6.78. The number of hydrogen-bond donors (Lipinski definition) is 1. The Morgan fingerprint density at radius 2 is 1.95 bits per heavy atom. The van der Waals surface area contributed by atoms with E-state index in [4.69, 9.17) is 16.3 Å².